The van der Waals surface area contributed by atoms with Crippen LogP contribution in [0.4, 0.5) is 4.79 Å². The van der Waals surface area contributed by atoms with Crippen LogP contribution in [0.2, 0.25) is 0 Å². The molecule has 10 unspecified atom stereocenters. The van der Waals surface area contributed by atoms with E-state index in [1.807, 2.05) is 60.7 Å². The predicted octanol–water partition coefficient (Wildman–Crippen LogP) is 4.02. The average molecular weight is 709 g/mol. The van der Waals surface area contributed by atoms with Crippen molar-refractivity contribution in [2.24, 2.45) is 11.8 Å². The van der Waals surface area contributed by atoms with Gasteiger partial charge in [-0.3, -0.25) is 4.79 Å². The van der Waals surface area contributed by atoms with Crippen molar-refractivity contribution < 1.29 is 48.6 Å². The van der Waals surface area contributed by atoms with Crippen molar-refractivity contribution in [3.63, 3.8) is 0 Å². The Labute approximate surface area is 299 Å². The number of aliphatic hydroxyl groups is 3. The molecule has 50 heavy (non-hydrogen) atoms. The van der Waals surface area contributed by atoms with E-state index in [-0.39, 0.29) is 43.5 Å². The van der Waals surface area contributed by atoms with Gasteiger partial charge in [0, 0.05) is 51.0 Å². The third kappa shape index (κ3) is 13.0. The Morgan fingerprint density at radius 3 is 2.56 bits per heavy atom. The summed E-state index contributed by atoms with van der Waals surface area (Å²) < 4.78 is 29.7. The fourth-order valence-electron chi connectivity index (χ4n) is 6.60. The number of ether oxygens (including phenoxy) is 5. The molecular weight excluding hydrogens is 644 g/mol. The fraction of sp³-hybridized carbons (Fsp3) is 0.789. The summed E-state index contributed by atoms with van der Waals surface area (Å²) in [6.45, 7) is 16.9. The Morgan fingerprint density at radius 1 is 1.20 bits per heavy atom. The summed E-state index contributed by atoms with van der Waals surface area (Å²) in [5.41, 5.74) is -1.43. The molecule has 286 valence electrons. The number of piperazine rings is 1. The van der Waals surface area contributed by atoms with Gasteiger partial charge in [-0.25, -0.2) is 4.79 Å². The molecule has 3 rings (SSSR count). The predicted molar refractivity (Wildman–Crippen MR) is 190 cm³/mol. The van der Waals surface area contributed by atoms with Gasteiger partial charge in [0.15, 0.2) is 6.10 Å². The van der Waals surface area contributed by atoms with Crippen molar-refractivity contribution in [1.29, 1.82) is 0 Å². The first kappa shape index (κ1) is 42.1. The number of epoxide rings is 1. The van der Waals surface area contributed by atoms with Gasteiger partial charge in [-0.2, -0.15) is 0 Å². The van der Waals surface area contributed by atoms with Gasteiger partial charge < -0.3 is 48.8 Å². The number of carbonyl (C=O) groups excluding carboxylic acids is 2. The van der Waals surface area contributed by atoms with Crippen molar-refractivity contribution in [1.82, 2.24) is 9.80 Å². The van der Waals surface area contributed by atoms with Crippen molar-refractivity contribution >= 4 is 12.1 Å². The maximum atomic E-state index is 13.4. The third-order valence-electron chi connectivity index (χ3n) is 10.2. The molecule has 3 aliphatic heterocycles. The van der Waals surface area contributed by atoms with Crippen LogP contribution in [-0.4, -0.2) is 138 Å². The lowest BCUT2D eigenvalue weighted by atomic mass is 9.88. The lowest BCUT2D eigenvalue weighted by molar-refractivity contribution is -0.152. The zero-order valence-corrected chi connectivity index (χ0v) is 31.6. The van der Waals surface area contributed by atoms with E-state index in [0.717, 1.165) is 18.7 Å². The van der Waals surface area contributed by atoms with Crippen molar-refractivity contribution in [2.45, 2.75) is 128 Å². The minimum absolute atomic E-state index is 0.00910. The monoisotopic (exact) mass is 708 g/mol. The van der Waals surface area contributed by atoms with Crippen molar-refractivity contribution in [3.8, 4) is 0 Å². The van der Waals surface area contributed by atoms with E-state index in [1.54, 1.807) is 30.1 Å². The minimum atomic E-state index is -1.15. The summed E-state index contributed by atoms with van der Waals surface area (Å²) in [5, 5.41) is 32.1. The van der Waals surface area contributed by atoms with Gasteiger partial charge in [-0.15, -0.1) is 0 Å². The van der Waals surface area contributed by atoms with E-state index in [0.29, 0.717) is 45.6 Å². The number of aliphatic hydroxyl groups excluding tert-OH is 2. The topological polar surface area (TPSA) is 151 Å². The average Bonchev–Trinajstić information content (AvgIpc) is 3.83. The zero-order chi connectivity index (χ0) is 37.1. The maximum absolute atomic E-state index is 13.4. The van der Waals surface area contributed by atoms with Crippen LogP contribution in [-0.2, 0) is 28.5 Å². The Hall–Kier alpha value is -2.32. The molecule has 0 aromatic carbocycles. The molecule has 0 aliphatic carbocycles. The molecule has 0 spiro atoms. The second kappa shape index (κ2) is 19.5. The summed E-state index contributed by atoms with van der Waals surface area (Å²) in [5.74, 6) is -0.875. The van der Waals surface area contributed by atoms with Gasteiger partial charge in [0.2, 0.25) is 0 Å². The first-order valence-corrected chi connectivity index (χ1v) is 18.4. The Bertz CT molecular complexity index is 1170. The van der Waals surface area contributed by atoms with Gasteiger partial charge in [-0.05, 0) is 65.7 Å². The van der Waals surface area contributed by atoms with E-state index >= 15 is 0 Å². The fourth-order valence-corrected chi connectivity index (χ4v) is 6.60. The molecule has 1 amide bonds. The highest BCUT2D eigenvalue weighted by molar-refractivity contribution is 5.70. The van der Waals surface area contributed by atoms with Crippen molar-refractivity contribution in [2.75, 3.05) is 53.0 Å². The van der Waals surface area contributed by atoms with Crippen molar-refractivity contribution in [3.05, 3.63) is 36.0 Å². The van der Waals surface area contributed by atoms with Crippen LogP contribution in [0.1, 0.15) is 80.6 Å². The lowest BCUT2D eigenvalue weighted by Gasteiger charge is -2.39. The summed E-state index contributed by atoms with van der Waals surface area (Å²) in [6.07, 6.45) is 6.77. The second-order valence-corrected chi connectivity index (χ2v) is 14.8. The van der Waals surface area contributed by atoms with Gasteiger partial charge in [0.1, 0.15) is 11.7 Å². The molecule has 0 aromatic rings. The number of rotatable bonds is 14. The summed E-state index contributed by atoms with van der Waals surface area (Å²) in [4.78, 5) is 30.3. The smallest absolute Gasteiger partial charge is 0.410 e. The van der Waals surface area contributed by atoms with Crippen LogP contribution in [0.15, 0.2) is 36.0 Å². The molecule has 12 nitrogen and oxygen atoms in total. The lowest BCUT2D eigenvalue weighted by Crippen LogP contribution is -2.51. The molecule has 3 heterocycles. The largest absolute Gasteiger partial charge is 0.457 e. The highest BCUT2D eigenvalue weighted by Crippen LogP contribution is 2.37. The first-order chi connectivity index (χ1) is 23.6. The van der Waals surface area contributed by atoms with E-state index in [4.69, 9.17) is 23.7 Å². The number of allylic oxidation sites excluding steroid dienone is 2. The van der Waals surface area contributed by atoms with Crippen LogP contribution < -0.4 is 0 Å². The van der Waals surface area contributed by atoms with Crippen LogP contribution in [0.5, 0.6) is 0 Å². The molecule has 12 heteroatoms. The van der Waals surface area contributed by atoms with Gasteiger partial charge in [-0.1, -0.05) is 45.1 Å². The molecule has 2 saturated heterocycles. The normalized spacial score (nSPS) is 33.5. The summed E-state index contributed by atoms with van der Waals surface area (Å²) >= 11 is 0. The highest BCUT2D eigenvalue weighted by Gasteiger charge is 2.47. The molecule has 2 fully saturated rings. The maximum Gasteiger partial charge on any atom is 0.410 e. The SMILES string of the molecule is CCOCCOC1(C)CCC(O)CC(=O)OC(/C(C)=C/C=C/C(C)(O)CC2OC2C(C)C(O)CC)C(C)/C=C/C1OC(=O)N1CCN(C)CC1. The minimum Gasteiger partial charge on any atom is -0.457 e. The molecule has 0 aromatic heterocycles. The number of hydrogen-bond donors (Lipinski definition) is 3. The van der Waals surface area contributed by atoms with Crippen LogP contribution in [0.25, 0.3) is 0 Å². The summed E-state index contributed by atoms with van der Waals surface area (Å²) in [6, 6.07) is 0. The number of nitrogens with zero attached hydrogens (tertiary/aromatic N) is 2. The Morgan fingerprint density at radius 2 is 1.90 bits per heavy atom. The number of cyclic esters (lactones) is 1. The Kier molecular flexibility index (Phi) is 16.4. The van der Waals surface area contributed by atoms with E-state index in [9.17, 15) is 24.9 Å². The quantitative estimate of drug-likeness (QED) is 0.0790. The molecular formula is C38H64N2O10. The molecule has 10 atom stereocenters. The van der Waals surface area contributed by atoms with E-state index in [2.05, 4.69) is 4.90 Å². The molecule has 3 N–H and O–H groups in total. The van der Waals surface area contributed by atoms with Gasteiger partial charge in [0.25, 0.3) is 0 Å². The molecule has 0 bridgehead atoms. The highest BCUT2D eigenvalue weighted by atomic mass is 16.6. The van der Waals surface area contributed by atoms with Crippen LogP contribution in [0, 0.1) is 11.8 Å². The van der Waals surface area contributed by atoms with Gasteiger partial charge >= 0.3 is 12.1 Å². The third-order valence-corrected chi connectivity index (χ3v) is 10.2. The number of carbonyl (C=O) groups is 2. The number of amides is 1. The summed E-state index contributed by atoms with van der Waals surface area (Å²) in [7, 11) is 2.02. The van der Waals surface area contributed by atoms with Gasteiger partial charge in [0.05, 0.1) is 49.7 Å². The van der Waals surface area contributed by atoms with E-state index in [1.165, 1.54) is 0 Å². The number of likely N-dealkylation sites (N-methyl/N-ethyl adjacent to an activating group) is 1. The van der Waals surface area contributed by atoms with Crippen LogP contribution in [0.3, 0.4) is 0 Å². The number of hydrogen-bond acceptors (Lipinski definition) is 11. The second-order valence-electron chi connectivity index (χ2n) is 14.8. The Balaban J connectivity index is 1.82. The van der Waals surface area contributed by atoms with Crippen LogP contribution >= 0.6 is 0 Å². The molecule has 3 aliphatic rings. The van der Waals surface area contributed by atoms with E-state index < -0.39 is 47.7 Å². The molecule has 0 saturated carbocycles. The standard InChI is InChI=1S/C38H64N2O10/c1-9-30(42)28(5)35-31(48-35)25-37(6,45)16-11-12-26(3)34-27(4)13-14-32(49-36(44)40-20-18-39(8)19-21-40)38(7,47-23-22-46-10-2)17-15-29(41)24-33(43)50-34/h11-14,16,27-32,34-35,41-42,45H,9-10,15,17-25H2,1-8H3/b14-13+,16-11+,26-12+. The zero-order valence-electron chi connectivity index (χ0n) is 31.6. The first-order valence-electron chi connectivity index (χ1n) is 18.4. The molecule has 0 radical (unpaired) electrons. The number of esters is 1.